The Bertz CT molecular complexity index is 690. The fourth-order valence-electron chi connectivity index (χ4n) is 2.13. The Morgan fingerprint density at radius 3 is 1.57 bits per heavy atom. The van der Waals surface area contributed by atoms with E-state index < -0.39 is 0 Å². The van der Waals surface area contributed by atoms with Crippen LogP contribution in [0.2, 0.25) is 0 Å². The second-order valence-electron chi connectivity index (χ2n) is 4.67. The van der Waals surface area contributed by atoms with E-state index in [-0.39, 0.29) is 0 Å². The third kappa shape index (κ3) is 3.47. The van der Waals surface area contributed by atoms with Gasteiger partial charge in [-0.1, -0.05) is 76.6 Å². The topological polar surface area (TPSA) is 12.4 Å². The molecule has 0 aliphatic carbocycles. The van der Waals surface area contributed by atoms with Gasteiger partial charge >= 0.3 is 0 Å². The first-order chi connectivity index (χ1) is 10.3. The number of aliphatic imine (C=N–C) groups is 1. The zero-order valence-electron chi connectivity index (χ0n) is 11.4. The molecule has 21 heavy (non-hydrogen) atoms. The Balaban J connectivity index is 2.10. The van der Waals surface area contributed by atoms with Gasteiger partial charge in [-0.2, -0.15) is 0 Å². The number of rotatable bonds is 3. The molecule has 0 heterocycles. The summed E-state index contributed by atoms with van der Waals surface area (Å²) in [6.07, 6.45) is 0. The van der Waals surface area contributed by atoms with Crippen molar-refractivity contribution in [2.24, 2.45) is 4.99 Å². The van der Waals surface area contributed by atoms with Crippen molar-refractivity contribution in [2.45, 2.75) is 0 Å². The standard InChI is InChI=1S/C19H14BrN/c20-17-11-13-18(14-12-17)21-19(15-7-3-1-4-8-15)16-9-5-2-6-10-16/h1-14H. The van der Waals surface area contributed by atoms with Crippen LogP contribution in [0.1, 0.15) is 11.1 Å². The largest absolute Gasteiger partial charge is 0.248 e. The minimum Gasteiger partial charge on any atom is -0.248 e. The predicted molar refractivity (Wildman–Crippen MR) is 92.3 cm³/mol. The maximum absolute atomic E-state index is 4.84. The van der Waals surface area contributed by atoms with E-state index in [1.54, 1.807) is 0 Å². The van der Waals surface area contributed by atoms with Gasteiger partial charge in [-0.15, -0.1) is 0 Å². The van der Waals surface area contributed by atoms with Gasteiger partial charge in [0, 0.05) is 15.6 Å². The first kappa shape index (κ1) is 13.8. The second-order valence-corrected chi connectivity index (χ2v) is 5.58. The van der Waals surface area contributed by atoms with E-state index in [1.165, 1.54) is 0 Å². The molecule has 0 N–H and O–H groups in total. The number of halogens is 1. The van der Waals surface area contributed by atoms with Gasteiger partial charge in [-0.25, -0.2) is 4.99 Å². The highest BCUT2D eigenvalue weighted by Gasteiger charge is 2.06. The molecule has 0 radical (unpaired) electrons. The van der Waals surface area contributed by atoms with E-state index in [9.17, 15) is 0 Å². The van der Waals surface area contributed by atoms with Crippen molar-refractivity contribution in [3.05, 3.63) is 101 Å². The van der Waals surface area contributed by atoms with Crippen molar-refractivity contribution >= 4 is 27.3 Å². The second kappa shape index (κ2) is 6.51. The molecule has 3 aromatic rings. The summed E-state index contributed by atoms with van der Waals surface area (Å²) >= 11 is 3.45. The van der Waals surface area contributed by atoms with Gasteiger partial charge in [-0.3, -0.25) is 0 Å². The molecule has 0 bridgehead atoms. The average Bonchev–Trinajstić information content (AvgIpc) is 2.56. The van der Waals surface area contributed by atoms with Gasteiger partial charge in [-0.05, 0) is 24.3 Å². The molecule has 1 nitrogen and oxygen atoms in total. The van der Waals surface area contributed by atoms with Gasteiger partial charge in [0.15, 0.2) is 0 Å². The fourth-order valence-corrected chi connectivity index (χ4v) is 2.40. The monoisotopic (exact) mass is 335 g/mol. The molecular weight excluding hydrogens is 322 g/mol. The Hall–Kier alpha value is -2.19. The van der Waals surface area contributed by atoms with Crippen LogP contribution in [0.4, 0.5) is 5.69 Å². The van der Waals surface area contributed by atoms with Crippen LogP contribution in [0.25, 0.3) is 0 Å². The summed E-state index contributed by atoms with van der Waals surface area (Å²) in [7, 11) is 0. The van der Waals surface area contributed by atoms with E-state index in [0.29, 0.717) is 0 Å². The van der Waals surface area contributed by atoms with Gasteiger partial charge in [0.1, 0.15) is 0 Å². The summed E-state index contributed by atoms with van der Waals surface area (Å²) in [6, 6.07) is 28.6. The molecule has 102 valence electrons. The summed E-state index contributed by atoms with van der Waals surface area (Å²) in [4.78, 5) is 4.84. The van der Waals surface area contributed by atoms with Crippen molar-refractivity contribution in [1.82, 2.24) is 0 Å². The minimum absolute atomic E-state index is 0.945. The molecule has 0 spiro atoms. The van der Waals surface area contributed by atoms with Crippen LogP contribution in [0.15, 0.2) is 94.4 Å². The van der Waals surface area contributed by atoms with Crippen LogP contribution in [-0.4, -0.2) is 5.71 Å². The van der Waals surface area contributed by atoms with Crippen LogP contribution >= 0.6 is 15.9 Å². The number of benzene rings is 3. The summed E-state index contributed by atoms with van der Waals surface area (Å²) in [5.41, 5.74) is 4.16. The quantitative estimate of drug-likeness (QED) is 0.551. The highest BCUT2D eigenvalue weighted by Crippen LogP contribution is 2.20. The predicted octanol–water partition coefficient (Wildman–Crippen LogP) is 5.62. The lowest BCUT2D eigenvalue weighted by Gasteiger charge is -2.07. The molecular formula is C19H14BrN. The average molecular weight is 336 g/mol. The molecule has 0 aliphatic heterocycles. The van der Waals surface area contributed by atoms with Crippen LogP contribution in [0, 0.1) is 0 Å². The molecule has 0 saturated carbocycles. The molecule has 0 atom stereocenters. The smallest absolute Gasteiger partial charge is 0.0781 e. The van der Waals surface area contributed by atoms with Crippen LogP contribution in [-0.2, 0) is 0 Å². The van der Waals surface area contributed by atoms with E-state index >= 15 is 0 Å². The van der Waals surface area contributed by atoms with Crippen molar-refractivity contribution in [1.29, 1.82) is 0 Å². The third-order valence-electron chi connectivity index (χ3n) is 3.16. The van der Waals surface area contributed by atoms with Gasteiger partial charge in [0.05, 0.1) is 11.4 Å². The van der Waals surface area contributed by atoms with Crippen LogP contribution < -0.4 is 0 Å². The zero-order valence-corrected chi connectivity index (χ0v) is 13.0. The van der Waals surface area contributed by atoms with E-state index in [4.69, 9.17) is 4.99 Å². The lowest BCUT2D eigenvalue weighted by Crippen LogP contribution is -2.02. The minimum atomic E-state index is 0.945. The third-order valence-corrected chi connectivity index (χ3v) is 3.69. The molecule has 0 amide bonds. The Morgan fingerprint density at radius 1 is 0.619 bits per heavy atom. The Kier molecular flexibility index (Phi) is 4.27. The molecule has 0 saturated heterocycles. The van der Waals surface area contributed by atoms with Gasteiger partial charge in [0.2, 0.25) is 0 Å². The molecule has 0 aliphatic rings. The van der Waals surface area contributed by atoms with E-state index in [1.807, 2.05) is 60.7 Å². The van der Waals surface area contributed by atoms with Crippen molar-refractivity contribution in [3.8, 4) is 0 Å². The number of hydrogen-bond donors (Lipinski definition) is 0. The molecule has 2 heteroatoms. The normalized spacial score (nSPS) is 10.1. The van der Waals surface area contributed by atoms with Crippen molar-refractivity contribution in [3.63, 3.8) is 0 Å². The van der Waals surface area contributed by atoms with Crippen LogP contribution in [0.3, 0.4) is 0 Å². The zero-order chi connectivity index (χ0) is 14.5. The van der Waals surface area contributed by atoms with Gasteiger partial charge in [0.25, 0.3) is 0 Å². The van der Waals surface area contributed by atoms with Crippen molar-refractivity contribution in [2.75, 3.05) is 0 Å². The van der Waals surface area contributed by atoms with Gasteiger partial charge < -0.3 is 0 Å². The van der Waals surface area contributed by atoms with Crippen molar-refractivity contribution < 1.29 is 0 Å². The fraction of sp³-hybridized carbons (Fsp3) is 0. The van der Waals surface area contributed by atoms with Crippen LogP contribution in [0.5, 0.6) is 0 Å². The highest BCUT2D eigenvalue weighted by atomic mass is 79.9. The summed E-state index contributed by atoms with van der Waals surface area (Å²) in [5.74, 6) is 0. The summed E-state index contributed by atoms with van der Waals surface area (Å²) in [5, 5.41) is 0. The molecule has 3 aromatic carbocycles. The lowest BCUT2D eigenvalue weighted by atomic mass is 10.0. The first-order valence-corrected chi connectivity index (χ1v) is 7.57. The van der Waals surface area contributed by atoms with E-state index in [0.717, 1.165) is 27.0 Å². The molecule has 0 fully saturated rings. The Labute approximate surface area is 133 Å². The number of nitrogens with zero attached hydrogens (tertiary/aromatic N) is 1. The number of hydrogen-bond acceptors (Lipinski definition) is 1. The lowest BCUT2D eigenvalue weighted by molar-refractivity contribution is 1.47. The van der Waals surface area contributed by atoms with E-state index in [2.05, 4.69) is 40.2 Å². The highest BCUT2D eigenvalue weighted by molar-refractivity contribution is 9.10. The molecule has 0 unspecified atom stereocenters. The SMILES string of the molecule is Brc1ccc(N=C(c2ccccc2)c2ccccc2)cc1. The Morgan fingerprint density at radius 2 is 1.10 bits per heavy atom. The maximum Gasteiger partial charge on any atom is 0.0781 e. The maximum atomic E-state index is 4.84. The summed E-state index contributed by atoms with van der Waals surface area (Å²) < 4.78 is 1.06. The summed E-state index contributed by atoms with van der Waals surface area (Å²) in [6.45, 7) is 0. The molecule has 0 aromatic heterocycles. The molecule has 3 rings (SSSR count). The first-order valence-electron chi connectivity index (χ1n) is 6.78.